The molecule has 0 fully saturated rings. The number of pyridine rings is 1. The van der Waals surface area contributed by atoms with Gasteiger partial charge in [0.2, 0.25) is 0 Å². The van der Waals surface area contributed by atoms with Crippen molar-refractivity contribution in [1.29, 1.82) is 0 Å². The van der Waals surface area contributed by atoms with Crippen LogP contribution in [-0.4, -0.2) is 35.6 Å². The Balaban J connectivity index is 2.38. The van der Waals surface area contributed by atoms with Gasteiger partial charge in [0, 0.05) is 6.08 Å². The van der Waals surface area contributed by atoms with Crippen molar-refractivity contribution in [2.45, 2.75) is 6.18 Å². The number of ether oxygens (including phenoxy) is 2. The Bertz CT molecular complexity index is 442. The molecule has 0 aliphatic carbocycles. The van der Waals surface area contributed by atoms with Crippen molar-refractivity contribution in [3.05, 3.63) is 30.1 Å². The molecule has 0 saturated heterocycles. The molecule has 0 unspecified atom stereocenters. The Morgan fingerprint density at radius 1 is 1.42 bits per heavy atom. The van der Waals surface area contributed by atoms with Crippen LogP contribution in [0.15, 0.2) is 24.4 Å². The Kier molecular flexibility index (Phi) is 5.31. The van der Waals surface area contributed by atoms with E-state index in [1.54, 1.807) is 0 Å². The molecule has 1 aromatic heterocycles. The zero-order chi connectivity index (χ0) is 14.3. The molecule has 1 heterocycles. The summed E-state index contributed by atoms with van der Waals surface area (Å²) in [4.78, 5) is 14.1. The van der Waals surface area contributed by atoms with Crippen molar-refractivity contribution in [2.75, 3.05) is 13.4 Å². The molecule has 1 aromatic rings. The van der Waals surface area contributed by atoms with Crippen molar-refractivity contribution in [1.82, 2.24) is 4.98 Å². The monoisotopic (exact) mass is 277 g/mol. The minimum Gasteiger partial charge on any atom is -0.478 e. The Hall–Kier alpha value is -2.09. The minimum atomic E-state index is -4.40. The van der Waals surface area contributed by atoms with Crippen molar-refractivity contribution >= 4 is 12.0 Å². The van der Waals surface area contributed by atoms with E-state index in [4.69, 9.17) is 9.84 Å². The van der Waals surface area contributed by atoms with Crippen molar-refractivity contribution in [3.63, 3.8) is 0 Å². The number of nitrogens with zero attached hydrogens (tertiary/aromatic N) is 1. The molecule has 0 atom stereocenters. The Morgan fingerprint density at radius 3 is 2.68 bits per heavy atom. The molecule has 1 rings (SSSR count). The number of hydrogen-bond donors (Lipinski definition) is 1. The van der Waals surface area contributed by atoms with Crippen LogP contribution in [0.25, 0.3) is 6.08 Å². The first-order chi connectivity index (χ1) is 8.87. The van der Waals surface area contributed by atoms with Gasteiger partial charge in [-0.05, 0) is 18.2 Å². The third-order valence-electron chi connectivity index (χ3n) is 1.73. The zero-order valence-corrected chi connectivity index (χ0v) is 9.55. The second-order valence-corrected chi connectivity index (χ2v) is 3.32. The van der Waals surface area contributed by atoms with Crippen LogP contribution in [0, 0.1) is 0 Å². The first-order valence-electron chi connectivity index (χ1n) is 5.01. The lowest BCUT2D eigenvalue weighted by molar-refractivity contribution is -0.186. The number of hydrogen-bond acceptors (Lipinski definition) is 4. The molecular weight excluding hydrogens is 267 g/mol. The summed E-state index contributed by atoms with van der Waals surface area (Å²) in [5, 5.41) is 8.39. The largest absolute Gasteiger partial charge is 0.478 e. The van der Waals surface area contributed by atoms with E-state index in [-0.39, 0.29) is 5.75 Å². The molecule has 0 spiro atoms. The van der Waals surface area contributed by atoms with Crippen LogP contribution in [0.1, 0.15) is 5.69 Å². The first kappa shape index (κ1) is 15.0. The maximum atomic E-state index is 11.7. The van der Waals surface area contributed by atoms with Gasteiger partial charge in [-0.25, -0.2) is 4.79 Å². The number of carboxylic acid groups (broad SMARTS) is 1. The predicted molar refractivity (Wildman–Crippen MR) is 58.4 cm³/mol. The Labute approximate surface area is 106 Å². The summed E-state index contributed by atoms with van der Waals surface area (Å²) in [6.07, 6.45) is -0.965. The summed E-state index contributed by atoms with van der Waals surface area (Å²) < 4.78 is 44.3. The Morgan fingerprint density at radius 2 is 2.16 bits per heavy atom. The molecule has 0 aliphatic heterocycles. The predicted octanol–water partition coefficient (Wildman–Crippen LogP) is 2.09. The van der Waals surface area contributed by atoms with Gasteiger partial charge in [-0.2, -0.15) is 13.2 Å². The summed E-state index contributed by atoms with van der Waals surface area (Å²) >= 11 is 0. The zero-order valence-electron chi connectivity index (χ0n) is 9.55. The second kappa shape index (κ2) is 6.74. The normalized spacial score (nSPS) is 11.7. The van der Waals surface area contributed by atoms with Crippen molar-refractivity contribution in [2.24, 2.45) is 0 Å². The van der Waals surface area contributed by atoms with Gasteiger partial charge in [-0.1, -0.05) is 0 Å². The van der Waals surface area contributed by atoms with Crippen LogP contribution in [0.2, 0.25) is 0 Å². The third kappa shape index (κ3) is 7.04. The van der Waals surface area contributed by atoms with Crippen molar-refractivity contribution in [3.8, 4) is 5.75 Å². The molecule has 104 valence electrons. The molecule has 0 aliphatic rings. The van der Waals surface area contributed by atoms with E-state index >= 15 is 0 Å². The van der Waals surface area contributed by atoms with Gasteiger partial charge in [-0.15, -0.1) is 0 Å². The van der Waals surface area contributed by atoms with Crippen LogP contribution in [-0.2, 0) is 9.53 Å². The second-order valence-electron chi connectivity index (χ2n) is 3.32. The molecule has 1 N–H and O–H groups in total. The molecule has 5 nitrogen and oxygen atoms in total. The number of alkyl halides is 3. The number of carboxylic acids is 1. The van der Waals surface area contributed by atoms with Gasteiger partial charge in [0.25, 0.3) is 0 Å². The quantitative estimate of drug-likeness (QED) is 0.490. The lowest BCUT2D eigenvalue weighted by Gasteiger charge is -2.08. The average molecular weight is 277 g/mol. The smallest absolute Gasteiger partial charge is 0.411 e. The maximum absolute atomic E-state index is 11.7. The molecular formula is C11H10F3NO4. The number of carbonyl (C=O) groups is 1. The van der Waals surface area contributed by atoms with E-state index in [2.05, 4.69) is 9.72 Å². The molecule has 19 heavy (non-hydrogen) atoms. The molecule has 0 radical (unpaired) electrons. The minimum absolute atomic E-state index is 0.217. The molecule has 0 bridgehead atoms. The van der Waals surface area contributed by atoms with Gasteiger partial charge in [0.1, 0.15) is 12.4 Å². The van der Waals surface area contributed by atoms with E-state index in [9.17, 15) is 18.0 Å². The van der Waals surface area contributed by atoms with E-state index in [0.29, 0.717) is 5.69 Å². The van der Waals surface area contributed by atoms with Crippen LogP contribution >= 0.6 is 0 Å². The summed E-state index contributed by atoms with van der Waals surface area (Å²) in [6, 6.07) is 2.89. The molecule has 8 heteroatoms. The highest BCUT2D eigenvalue weighted by molar-refractivity contribution is 5.84. The summed E-state index contributed by atoms with van der Waals surface area (Å²) in [6.45, 7) is -1.94. The van der Waals surface area contributed by atoms with Gasteiger partial charge in [0.15, 0.2) is 6.79 Å². The lowest BCUT2D eigenvalue weighted by atomic mass is 10.3. The van der Waals surface area contributed by atoms with Crippen LogP contribution in [0.3, 0.4) is 0 Å². The van der Waals surface area contributed by atoms with Gasteiger partial charge in [-0.3, -0.25) is 4.98 Å². The third-order valence-corrected chi connectivity index (χ3v) is 1.73. The van der Waals surface area contributed by atoms with Crippen LogP contribution in [0.5, 0.6) is 5.75 Å². The van der Waals surface area contributed by atoms with Gasteiger partial charge in [0.05, 0.1) is 11.9 Å². The molecule has 0 aromatic carbocycles. The highest BCUT2D eigenvalue weighted by Crippen LogP contribution is 2.15. The maximum Gasteiger partial charge on any atom is 0.411 e. The fourth-order valence-corrected chi connectivity index (χ4v) is 0.999. The van der Waals surface area contributed by atoms with Crippen LogP contribution < -0.4 is 4.74 Å². The lowest BCUT2D eigenvalue weighted by Crippen LogP contribution is -2.19. The SMILES string of the molecule is O=C(O)/C=C/c1ccc(OCOCC(F)(F)F)cn1. The number of halogens is 3. The fourth-order valence-electron chi connectivity index (χ4n) is 0.999. The summed E-state index contributed by atoms with van der Waals surface area (Å²) in [5.74, 6) is -0.891. The summed E-state index contributed by atoms with van der Waals surface area (Å²) in [5.41, 5.74) is 0.381. The summed E-state index contributed by atoms with van der Waals surface area (Å²) in [7, 11) is 0. The highest BCUT2D eigenvalue weighted by atomic mass is 19.4. The van der Waals surface area contributed by atoms with Crippen LogP contribution in [0.4, 0.5) is 13.2 Å². The average Bonchev–Trinajstić information content (AvgIpc) is 2.32. The first-order valence-corrected chi connectivity index (χ1v) is 5.01. The number of rotatable bonds is 6. The van der Waals surface area contributed by atoms with E-state index < -0.39 is 25.5 Å². The van der Waals surface area contributed by atoms with E-state index in [1.165, 1.54) is 24.4 Å². The molecule has 0 saturated carbocycles. The van der Waals surface area contributed by atoms with E-state index in [0.717, 1.165) is 6.08 Å². The van der Waals surface area contributed by atoms with Gasteiger partial charge >= 0.3 is 12.1 Å². The highest BCUT2D eigenvalue weighted by Gasteiger charge is 2.27. The van der Waals surface area contributed by atoms with E-state index in [1.807, 2.05) is 0 Å². The standard InChI is InChI=1S/C11H10F3NO4/c12-11(13,14)6-18-7-19-9-3-1-8(15-5-9)2-4-10(16)17/h1-5H,6-7H2,(H,16,17)/b4-2+. The number of aliphatic carboxylic acids is 1. The van der Waals surface area contributed by atoms with Gasteiger partial charge < -0.3 is 14.6 Å². The number of aromatic nitrogens is 1. The fraction of sp³-hybridized carbons (Fsp3) is 0.273. The molecule has 0 amide bonds. The van der Waals surface area contributed by atoms with Crippen molar-refractivity contribution < 1.29 is 32.5 Å². The topological polar surface area (TPSA) is 68.7 Å².